The van der Waals surface area contributed by atoms with Crippen LogP contribution in [0.4, 0.5) is 31.8 Å². The average molecular weight is 797 g/mol. The van der Waals surface area contributed by atoms with Gasteiger partial charge in [0, 0.05) is 85.2 Å². The van der Waals surface area contributed by atoms with Gasteiger partial charge in [0.25, 0.3) is 10.0 Å². The number of ether oxygens (including phenoxy) is 1. The molecule has 0 saturated carbocycles. The molecule has 0 atom stereocenters. The number of benzene rings is 3. The number of hydrogen-bond acceptors (Lipinski definition) is 11. The fraction of sp³-hybridized carbons (Fsp3) is 0.324. The Balaban J connectivity index is 1.25. The van der Waals surface area contributed by atoms with Crippen molar-refractivity contribution >= 4 is 54.2 Å². The van der Waals surface area contributed by atoms with Crippen molar-refractivity contribution in [1.82, 2.24) is 19.9 Å². The van der Waals surface area contributed by atoms with Crippen molar-refractivity contribution in [2.24, 2.45) is 0 Å². The van der Waals surface area contributed by atoms with Crippen LogP contribution in [-0.4, -0.2) is 88.5 Å². The number of sulfonamides is 1. The number of aromatic nitrogens is 3. The molecule has 1 N–H and O–H groups in total. The molecule has 3 aromatic carbocycles. The van der Waals surface area contributed by atoms with Crippen LogP contribution in [0, 0.1) is 18.6 Å². The Hall–Kier alpha value is -4.71. The van der Waals surface area contributed by atoms with Gasteiger partial charge in [-0.25, -0.2) is 30.6 Å². The number of aryl methyl sites for hydroxylation is 1. The summed E-state index contributed by atoms with van der Waals surface area (Å²) in [4.78, 5) is 18.1. The molecule has 1 saturated heterocycles. The number of thiazole rings is 1. The van der Waals surface area contributed by atoms with Crippen LogP contribution >= 0.6 is 11.3 Å². The first-order valence-electron chi connectivity index (χ1n) is 17.1. The van der Waals surface area contributed by atoms with Crippen molar-refractivity contribution in [2.75, 3.05) is 61.5 Å². The number of rotatable bonds is 13. The molecule has 0 radical (unpaired) electrons. The van der Waals surface area contributed by atoms with E-state index in [4.69, 9.17) is 20.0 Å². The van der Waals surface area contributed by atoms with E-state index in [1.807, 2.05) is 32.9 Å². The van der Waals surface area contributed by atoms with Crippen molar-refractivity contribution in [1.29, 1.82) is 0 Å². The number of nitrogens with one attached hydrogen (secondary N) is 1. The number of hydrogen-bond donors (Lipinski definition) is 1. The number of sulfone groups is 1. The van der Waals surface area contributed by atoms with Gasteiger partial charge in [-0.1, -0.05) is 32.0 Å². The largest absolute Gasteiger partial charge is 0.496 e. The topological polar surface area (TPSA) is 149 Å². The second-order valence-corrected chi connectivity index (χ2v) is 18.2. The maximum atomic E-state index is 14.4. The van der Waals surface area contributed by atoms with E-state index in [0.717, 1.165) is 60.6 Å². The molecule has 1 aliphatic heterocycles. The minimum Gasteiger partial charge on any atom is -0.496 e. The highest BCUT2D eigenvalue weighted by Crippen LogP contribution is 2.43. The van der Waals surface area contributed by atoms with E-state index in [0.29, 0.717) is 39.8 Å². The van der Waals surface area contributed by atoms with E-state index in [1.165, 1.54) is 23.7 Å². The molecule has 5 aromatic rings. The van der Waals surface area contributed by atoms with Gasteiger partial charge in [0.2, 0.25) is 0 Å². The van der Waals surface area contributed by atoms with Gasteiger partial charge in [-0.15, -0.1) is 11.3 Å². The Kier molecular flexibility index (Phi) is 11.5. The van der Waals surface area contributed by atoms with Crippen LogP contribution < -0.4 is 14.4 Å². The summed E-state index contributed by atoms with van der Waals surface area (Å²) in [6.45, 7) is 9.51. The molecule has 0 bridgehead atoms. The van der Waals surface area contributed by atoms with Crippen molar-refractivity contribution in [3.8, 4) is 27.6 Å². The molecule has 286 valence electrons. The Labute approximate surface area is 318 Å². The molecule has 0 aliphatic carbocycles. The molecule has 17 heteroatoms. The van der Waals surface area contributed by atoms with Crippen LogP contribution in [0.1, 0.15) is 30.3 Å². The van der Waals surface area contributed by atoms with Crippen LogP contribution in [0.3, 0.4) is 0 Å². The fourth-order valence-corrected chi connectivity index (χ4v) is 8.86. The summed E-state index contributed by atoms with van der Waals surface area (Å²) in [6, 6.07) is 14.9. The van der Waals surface area contributed by atoms with Crippen LogP contribution in [0.5, 0.6) is 5.75 Å². The Morgan fingerprint density at radius 3 is 2.33 bits per heavy atom. The number of halogens is 2. The van der Waals surface area contributed by atoms with Gasteiger partial charge in [-0.3, -0.25) is 9.62 Å². The average Bonchev–Trinajstić information content (AvgIpc) is 3.57. The lowest BCUT2D eigenvalue weighted by atomic mass is 10.1. The summed E-state index contributed by atoms with van der Waals surface area (Å²) in [5.41, 5.74) is 4.27. The van der Waals surface area contributed by atoms with E-state index >= 15 is 0 Å². The Morgan fingerprint density at radius 1 is 0.963 bits per heavy atom. The second kappa shape index (κ2) is 15.9. The monoisotopic (exact) mass is 796 g/mol. The van der Waals surface area contributed by atoms with Gasteiger partial charge in [0.15, 0.2) is 4.90 Å². The smallest absolute Gasteiger partial charge is 0.267 e. The third-order valence-corrected chi connectivity index (χ3v) is 12.5. The SMILES string of the molecule is COc1cc(N2CCN(CCS(C)(=O)=O)CC2)c(C)cc1[N-]c1nccc(-c2sc(C(C)C)nc2-c2cccc(NS(=O)(=O)c3c(F)cccc3F)c2)n1. The minimum atomic E-state index is -4.59. The zero-order valence-electron chi connectivity index (χ0n) is 30.4. The van der Waals surface area contributed by atoms with E-state index in [2.05, 4.69) is 19.5 Å². The predicted octanol–water partition coefficient (Wildman–Crippen LogP) is 7.29. The van der Waals surface area contributed by atoms with Gasteiger partial charge < -0.3 is 24.9 Å². The van der Waals surface area contributed by atoms with Crippen molar-refractivity contribution < 1.29 is 30.4 Å². The molecule has 12 nitrogen and oxygen atoms in total. The summed E-state index contributed by atoms with van der Waals surface area (Å²) < 4.78 is 86.1. The lowest BCUT2D eigenvalue weighted by Crippen LogP contribution is -2.47. The van der Waals surface area contributed by atoms with Gasteiger partial charge in [0.1, 0.15) is 27.2 Å². The Morgan fingerprint density at radius 2 is 1.67 bits per heavy atom. The van der Waals surface area contributed by atoms with Gasteiger partial charge in [-0.2, -0.15) is 0 Å². The van der Waals surface area contributed by atoms with Crippen LogP contribution in [0.15, 0.2) is 71.8 Å². The number of anilines is 2. The summed E-state index contributed by atoms with van der Waals surface area (Å²) in [5, 5.41) is 5.58. The molecular formula is C37H40F2N7O5S3-. The van der Waals surface area contributed by atoms with E-state index in [9.17, 15) is 25.6 Å². The summed E-state index contributed by atoms with van der Waals surface area (Å²) in [6.07, 6.45) is 2.86. The zero-order chi connectivity index (χ0) is 38.8. The maximum absolute atomic E-state index is 14.4. The molecule has 6 rings (SSSR count). The first kappa shape index (κ1) is 39.0. The normalized spacial score (nSPS) is 14.0. The zero-order valence-corrected chi connectivity index (χ0v) is 32.8. The highest BCUT2D eigenvalue weighted by molar-refractivity contribution is 7.92. The second-order valence-electron chi connectivity index (χ2n) is 13.2. The summed E-state index contributed by atoms with van der Waals surface area (Å²) in [7, 11) is -6.04. The highest BCUT2D eigenvalue weighted by atomic mass is 32.2. The number of piperazine rings is 1. The minimum absolute atomic E-state index is 0.0698. The molecule has 1 aliphatic rings. The van der Waals surface area contributed by atoms with Crippen molar-refractivity contribution in [3.05, 3.63) is 94.4 Å². The first-order valence-corrected chi connectivity index (χ1v) is 21.4. The van der Waals surface area contributed by atoms with Crippen molar-refractivity contribution in [2.45, 2.75) is 31.6 Å². The number of methoxy groups -OCH3 is 1. The molecule has 1 fully saturated rings. The third kappa shape index (κ3) is 8.97. The molecule has 2 aromatic heterocycles. The lowest BCUT2D eigenvalue weighted by Gasteiger charge is -2.37. The van der Waals surface area contributed by atoms with Crippen molar-refractivity contribution in [3.63, 3.8) is 0 Å². The highest BCUT2D eigenvalue weighted by Gasteiger charge is 2.25. The number of nitrogens with zero attached hydrogens (tertiary/aromatic N) is 6. The third-order valence-electron chi connectivity index (χ3n) is 8.80. The van der Waals surface area contributed by atoms with E-state index in [-0.39, 0.29) is 23.3 Å². The van der Waals surface area contributed by atoms with Crippen LogP contribution in [-0.2, 0) is 19.9 Å². The Bertz CT molecular complexity index is 2360. The van der Waals surface area contributed by atoms with Gasteiger partial charge in [-0.05, 0) is 55.1 Å². The summed E-state index contributed by atoms with van der Waals surface area (Å²) in [5.74, 6) is -1.46. The quantitative estimate of drug-likeness (QED) is 0.129. The molecule has 0 unspecified atom stereocenters. The lowest BCUT2D eigenvalue weighted by molar-refractivity contribution is 0.272. The maximum Gasteiger partial charge on any atom is 0.267 e. The molecule has 0 amide bonds. The molecule has 0 spiro atoms. The standard InChI is InChI=1S/C37H40F2N7O5S3/c1-23(2)36-43-33(25-8-6-9-26(21-25)44-54(49,50)35-27(38)10-7-11-28(35)39)34(52-36)29-12-13-40-37(41-29)42-30-20-24(3)31(22-32(30)51-4)46-16-14-45(15-17-46)18-19-53(5,47)48/h6-13,20-23,44H,14-19H2,1-5H3/q-1. The summed E-state index contributed by atoms with van der Waals surface area (Å²) >= 11 is 1.44. The molecular weight excluding hydrogens is 757 g/mol. The molecule has 54 heavy (non-hydrogen) atoms. The van der Waals surface area contributed by atoms with E-state index < -0.39 is 36.4 Å². The van der Waals surface area contributed by atoms with Crippen LogP contribution in [0.2, 0.25) is 0 Å². The van der Waals surface area contributed by atoms with Gasteiger partial charge in [0.05, 0.1) is 28.4 Å². The van der Waals surface area contributed by atoms with Gasteiger partial charge >= 0.3 is 0 Å². The van der Waals surface area contributed by atoms with E-state index in [1.54, 1.807) is 37.6 Å². The molecule has 3 heterocycles. The first-order chi connectivity index (χ1) is 25.6. The van der Waals surface area contributed by atoms with Crippen LogP contribution in [0.25, 0.3) is 27.1 Å². The predicted molar refractivity (Wildman–Crippen MR) is 209 cm³/mol. The fourth-order valence-electron chi connectivity index (χ4n) is 6.03.